The highest BCUT2D eigenvalue weighted by atomic mass is 32.2. The molecule has 1 aliphatic carbocycles. The Morgan fingerprint density at radius 3 is 2.57 bits per heavy atom. The summed E-state index contributed by atoms with van der Waals surface area (Å²) in [4.78, 5) is 2.57. The van der Waals surface area contributed by atoms with Crippen LogP contribution in [0, 0.1) is 5.92 Å². The molecule has 0 aromatic heterocycles. The monoisotopic (exact) mass is 216 g/mol. The standard InChI is InChI=1S/C11H24N2S/c1-4-10(8-14-3)13(2)11-6-5-9(11)7-12/h9-11H,4-8,12H2,1-3H3. The van der Waals surface area contributed by atoms with Crippen molar-refractivity contribution >= 4 is 11.8 Å². The minimum atomic E-state index is 0.740. The van der Waals surface area contributed by atoms with E-state index in [1.54, 1.807) is 0 Å². The summed E-state index contributed by atoms with van der Waals surface area (Å²) >= 11 is 1.95. The molecule has 0 amide bonds. The molecule has 2 nitrogen and oxygen atoms in total. The van der Waals surface area contributed by atoms with Gasteiger partial charge in [-0.15, -0.1) is 0 Å². The summed E-state index contributed by atoms with van der Waals surface area (Å²) in [6.07, 6.45) is 6.13. The van der Waals surface area contributed by atoms with Crippen LogP contribution in [0.5, 0.6) is 0 Å². The zero-order valence-corrected chi connectivity index (χ0v) is 10.5. The molecule has 1 aliphatic rings. The zero-order valence-electron chi connectivity index (χ0n) is 9.70. The maximum atomic E-state index is 5.75. The Bertz CT molecular complexity index is 157. The van der Waals surface area contributed by atoms with Crippen LogP contribution in [0.2, 0.25) is 0 Å². The van der Waals surface area contributed by atoms with Crippen LogP contribution in [-0.4, -0.2) is 42.6 Å². The van der Waals surface area contributed by atoms with Crippen LogP contribution < -0.4 is 5.73 Å². The number of hydrogen-bond donors (Lipinski definition) is 1. The van der Waals surface area contributed by atoms with Crippen molar-refractivity contribution in [2.45, 2.75) is 38.3 Å². The molecule has 0 heterocycles. The number of rotatable bonds is 6. The van der Waals surface area contributed by atoms with Gasteiger partial charge >= 0.3 is 0 Å². The molecule has 3 atom stereocenters. The van der Waals surface area contributed by atoms with Crippen molar-refractivity contribution in [3.63, 3.8) is 0 Å². The first-order valence-electron chi connectivity index (χ1n) is 5.65. The van der Waals surface area contributed by atoms with Gasteiger partial charge in [-0.2, -0.15) is 11.8 Å². The fourth-order valence-corrected chi connectivity index (χ4v) is 3.20. The lowest BCUT2D eigenvalue weighted by Gasteiger charge is -2.45. The van der Waals surface area contributed by atoms with Crippen LogP contribution in [0.1, 0.15) is 26.2 Å². The normalized spacial score (nSPS) is 28.9. The summed E-state index contributed by atoms with van der Waals surface area (Å²) in [6, 6.07) is 1.50. The van der Waals surface area contributed by atoms with Gasteiger partial charge in [0.2, 0.25) is 0 Å². The van der Waals surface area contributed by atoms with Gasteiger partial charge in [-0.25, -0.2) is 0 Å². The van der Waals surface area contributed by atoms with Crippen molar-refractivity contribution in [3.8, 4) is 0 Å². The van der Waals surface area contributed by atoms with Gasteiger partial charge in [0.05, 0.1) is 0 Å². The van der Waals surface area contributed by atoms with Gasteiger partial charge in [-0.1, -0.05) is 6.92 Å². The maximum absolute atomic E-state index is 5.75. The van der Waals surface area contributed by atoms with E-state index in [9.17, 15) is 0 Å². The van der Waals surface area contributed by atoms with Gasteiger partial charge in [0.15, 0.2) is 0 Å². The molecule has 3 unspecified atom stereocenters. The fourth-order valence-electron chi connectivity index (χ4n) is 2.35. The molecule has 0 aliphatic heterocycles. The second-order valence-electron chi connectivity index (χ2n) is 4.32. The van der Waals surface area contributed by atoms with Crippen LogP contribution in [-0.2, 0) is 0 Å². The molecule has 84 valence electrons. The van der Waals surface area contributed by atoms with Crippen molar-refractivity contribution in [3.05, 3.63) is 0 Å². The SMILES string of the molecule is CCC(CSC)N(C)C1CCC1CN. The van der Waals surface area contributed by atoms with E-state index in [1.165, 1.54) is 25.0 Å². The summed E-state index contributed by atoms with van der Waals surface area (Å²) in [7, 11) is 2.27. The van der Waals surface area contributed by atoms with Gasteiger partial charge in [-0.3, -0.25) is 4.90 Å². The van der Waals surface area contributed by atoms with E-state index in [2.05, 4.69) is 25.1 Å². The number of hydrogen-bond acceptors (Lipinski definition) is 3. The predicted octanol–water partition coefficient (Wildman–Crippen LogP) is 1.80. The Labute approximate surface area is 92.6 Å². The second-order valence-corrected chi connectivity index (χ2v) is 5.23. The predicted molar refractivity (Wildman–Crippen MR) is 65.8 cm³/mol. The first kappa shape index (κ1) is 12.3. The summed E-state index contributed by atoms with van der Waals surface area (Å²) in [5, 5.41) is 0. The molecule has 0 aromatic rings. The van der Waals surface area contributed by atoms with Crippen molar-refractivity contribution in [2.24, 2.45) is 11.7 Å². The molecule has 0 radical (unpaired) electrons. The lowest BCUT2D eigenvalue weighted by molar-refractivity contribution is 0.0602. The topological polar surface area (TPSA) is 29.3 Å². The lowest BCUT2D eigenvalue weighted by Crippen LogP contribution is -2.52. The average molecular weight is 216 g/mol. The Morgan fingerprint density at radius 2 is 2.21 bits per heavy atom. The van der Waals surface area contributed by atoms with Crippen molar-refractivity contribution in [1.29, 1.82) is 0 Å². The molecule has 3 heteroatoms. The van der Waals surface area contributed by atoms with Gasteiger partial charge in [0, 0.05) is 17.8 Å². The molecule has 0 saturated heterocycles. The second kappa shape index (κ2) is 5.99. The highest BCUT2D eigenvalue weighted by Gasteiger charge is 2.34. The first-order valence-corrected chi connectivity index (χ1v) is 7.04. The third-order valence-electron chi connectivity index (χ3n) is 3.61. The Kier molecular flexibility index (Phi) is 5.28. The van der Waals surface area contributed by atoms with Gasteiger partial charge in [0.1, 0.15) is 0 Å². The number of nitrogens with two attached hydrogens (primary N) is 1. The summed E-state index contributed by atoms with van der Waals surface area (Å²) in [5.74, 6) is 2.01. The highest BCUT2D eigenvalue weighted by Crippen LogP contribution is 2.32. The molecular formula is C11H24N2S. The van der Waals surface area contributed by atoms with Crippen molar-refractivity contribution in [1.82, 2.24) is 4.90 Å². The van der Waals surface area contributed by atoms with E-state index in [1.807, 2.05) is 11.8 Å². The van der Waals surface area contributed by atoms with Crippen LogP contribution in [0.25, 0.3) is 0 Å². The van der Waals surface area contributed by atoms with Crippen LogP contribution in [0.15, 0.2) is 0 Å². The van der Waals surface area contributed by atoms with E-state index in [0.29, 0.717) is 0 Å². The van der Waals surface area contributed by atoms with Crippen LogP contribution in [0.4, 0.5) is 0 Å². The van der Waals surface area contributed by atoms with Gasteiger partial charge < -0.3 is 5.73 Å². The van der Waals surface area contributed by atoms with E-state index >= 15 is 0 Å². The third kappa shape index (κ3) is 2.65. The average Bonchev–Trinajstić information content (AvgIpc) is 2.13. The van der Waals surface area contributed by atoms with Crippen LogP contribution in [0.3, 0.4) is 0 Å². The summed E-state index contributed by atoms with van der Waals surface area (Å²) in [5.41, 5.74) is 5.75. The van der Waals surface area contributed by atoms with Gasteiger partial charge in [-0.05, 0) is 45.0 Å². The smallest absolute Gasteiger partial charge is 0.0183 e. The van der Waals surface area contributed by atoms with Crippen molar-refractivity contribution < 1.29 is 0 Å². The Hall–Kier alpha value is 0.270. The minimum absolute atomic E-state index is 0.740. The number of nitrogens with zero attached hydrogens (tertiary/aromatic N) is 1. The lowest BCUT2D eigenvalue weighted by atomic mass is 9.78. The third-order valence-corrected chi connectivity index (χ3v) is 4.33. The van der Waals surface area contributed by atoms with E-state index in [4.69, 9.17) is 5.73 Å². The molecular weight excluding hydrogens is 192 g/mol. The largest absolute Gasteiger partial charge is 0.330 e. The molecule has 0 bridgehead atoms. The molecule has 1 fully saturated rings. The maximum Gasteiger partial charge on any atom is 0.0183 e. The molecule has 1 rings (SSSR count). The van der Waals surface area contributed by atoms with Crippen molar-refractivity contribution in [2.75, 3.05) is 25.6 Å². The minimum Gasteiger partial charge on any atom is -0.330 e. The van der Waals surface area contributed by atoms with E-state index < -0.39 is 0 Å². The Balaban J connectivity index is 2.41. The van der Waals surface area contributed by atoms with E-state index in [0.717, 1.165) is 24.5 Å². The molecule has 0 spiro atoms. The fraction of sp³-hybridized carbons (Fsp3) is 1.00. The molecule has 0 aromatic carbocycles. The Morgan fingerprint density at radius 1 is 1.50 bits per heavy atom. The quantitative estimate of drug-likeness (QED) is 0.734. The molecule has 14 heavy (non-hydrogen) atoms. The van der Waals surface area contributed by atoms with Gasteiger partial charge in [0.25, 0.3) is 0 Å². The molecule has 1 saturated carbocycles. The highest BCUT2D eigenvalue weighted by molar-refractivity contribution is 7.98. The van der Waals surface area contributed by atoms with E-state index in [-0.39, 0.29) is 0 Å². The zero-order chi connectivity index (χ0) is 10.6. The summed E-state index contributed by atoms with van der Waals surface area (Å²) < 4.78 is 0. The van der Waals surface area contributed by atoms with Crippen LogP contribution >= 0.6 is 11.8 Å². The summed E-state index contributed by atoms with van der Waals surface area (Å²) in [6.45, 7) is 3.15. The molecule has 2 N–H and O–H groups in total. The number of thioether (sulfide) groups is 1. The first-order chi connectivity index (χ1) is 6.74.